The average molecular weight is 681 g/mol. The summed E-state index contributed by atoms with van der Waals surface area (Å²) >= 11 is 0. The monoisotopic (exact) mass is 680 g/mol. The van der Waals surface area contributed by atoms with Crippen molar-refractivity contribution in [2.24, 2.45) is 14.1 Å². The Morgan fingerprint density at radius 3 is 1.61 bits per heavy atom. The van der Waals surface area contributed by atoms with Gasteiger partial charge in [0, 0.05) is 50.1 Å². The number of nitrogen functional groups attached to an aromatic ring is 1. The molecule has 0 unspecified atom stereocenters. The summed E-state index contributed by atoms with van der Waals surface area (Å²) in [6, 6.07) is 28.8. The summed E-state index contributed by atoms with van der Waals surface area (Å²) in [6.45, 7) is 0. The molecule has 0 atom stereocenters. The minimum absolute atomic E-state index is 0.0518. The Morgan fingerprint density at radius 1 is 0.608 bits per heavy atom. The van der Waals surface area contributed by atoms with Gasteiger partial charge in [0.2, 0.25) is 11.9 Å². The van der Waals surface area contributed by atoms with Gasteiger partial charge in [-0.3, -0.25) is 28.7 Å². The Labute approximate surface area is 291 Å². The molecule has 254 valence electrons. The molecule has 14 heteroatoms. The molecular weight excluding hydrogens is 648 g/mol. The Kier molecular flexibility index (Phi) is 10.0. The van der Waals surface area contributed by atoms with Gasteiger partial charge in [0.05, 0.1) is 34.9 Å². The lowest BCUT2D eigenvalue weighted by Gasteiger charge is -2.11. The Morgan fingerprint density at radius 2 is 1.14 bits per heavy atom. The molecule has 0 spiro atoms. The van der Waals surface area contributed by atoms with E-state index in [1.54, 1.807) is 56.8 Å². The first-order valence-corrected chi connectivity index (χ1v) is 15.5. The van der Waals surface area contributed by atoms with Crippen molar-refractivity contribution in [2.45, 2.75) is 0 Å². The Bertz CT molecular complexity index is 2370. The van der Waals surface area contributed by atoms with Gasteiger partial charge in [-0.2, -0.15) is 0 Å². The van der Waals surface area contributed by atoms with Gasteiger partial charge in [0.25, 0.3) is 11.1 Å². The highest BCUT2D eigenvalue weighted by Gasteiger charge is 2.12. The molecule has 0 saturated carbocycles. The van der Waals surface area contributed by atoms with Crippen LogP contribution in [0.25, 0.3) is 22.5 Å². The number of ether oxygens (including phenoxy) is 1. The van der Waals surface area contributed by atoms with Crippen LogP contribution < -0.4 is 32.2 Å². The number of nitrogens with one attached hydrogen (secondary N) is 2. The molecule has 0 amide bonds. The van der Waals surface area contributed by atoms with Gasteiger partial charge in [-0.05, 0) is 54.6 Å². The van der Waals surface area contributed by atoms with Crippen LogP contribution in [0.15, 0.2) is 138 Å². The van der Waals surface area contributed by atoms with Crippen molar-refractivity contribution in [3.8, 4) is 39.8 Å². The fourth-order valence-corrected chi connectivity index (χ4v) is 4.75. The van der Waals surface area contributed by atoms with E-state index < -0.39 is 0 Å². The van der Waals surface area contributed by atoms with Crippen molar-refractivity contribution in [3.05, 3.63) is 149 Å². The first-order valence-electron chi connectivity index (χ1n) is 15.5. The van der Waals surface area contributed by atoms with E-state index in [0.717, 1.165) is 11.4 Å². The van der Waals surface area contributed by atoms with Gasteiger partial charge in [0.1, 0.15) is 23.1 Å². The van der Waals surface area contributed by atoms with E-state index in [9.17, 15) is 14.7 Å². The van der Waals surface area contributed by atoms with Gasteiger partial charge >= 0.3 is 0 Å². The third kappa shape index (κ3) is 8.21. The standard InChI is InChI=1S/C21H18N6O2.C16H14N4O2/c1-27-20(28)17(13-25-21(27)26-14-5-3-2-4-6-14)18-8-7-16(12-24-18)29-15-9-10-23-19(22)11-15;1-20-15(22)13(14-8-7-12(21)9-17-14)10-18-16(20)19-11-5-3-2-4-6-11/h2-13H,1H3,(H2,22,23)(H,25,26);2-10,21H,1H3,(H,18,19). The quantitative estimate of drug-likeness (QED) is 0.155. The number of rotatable bonds is 8. The molecule has 2 aromatic carbocycles. The predicted molar refractivity (Wildman–Crippen MR) is 195 cm³/mol. The summed E-state index contributed by atoms with van der Waals surface area (Å²) < 4.78 is 8.58. The minimum atomic E-state index is -0.216. The summed E-state index contributed by atoms with van der Waals surface area (Å²) in [6.07, 6.45) is 7.40. The third-order valence-electron chi connectivity index (χ3n) is 7.42. The Balaban J connectivity index is 0.000000183. The molecule has 0 aliphatic heterocycles. The zero-order valence-corrected chi connectivity index (χ0v) is 27.5. The number of para-hydroxylation sites is 2. The van der Waals surface area contributed by atoms with Crippen LogP contribution in [-0.2, 0) is 14.1 Å². The number of nitrogens with zero attached hydrogens (tertiary/aromatic N) is 7. The van der Waals surface area contributed by atoms with Crippen molar-refractivity contribution >= 4 is 29.1 Å². The summed E-state index contributed by atoms with van der Waals surface area (Å²) in [5, 5.41) is 15.5. The molecule has 0 saturated heterocycles. The number of hydrogen-bond donors (Lipinski definition) is 4. The van der Waals surface area contributed by atoms with Crippen LogP contribution in [0.4, 0.5) is 29.1 Å². The molecule has 0 bridgehead atoms. The summed E-state index contributed by atoms with van der Waals surface area (Å²) in [5.41, 5.74) is 8.66. The highest BCUT2D eigenvalue weighted by Crippen LogP contribution is 2.24. The number of aromatic hydroxyl groups is 1. The maximum absolute atomic E-state index is 12.8. The molecular formula is C37H32N10O4. The number of nitrogens with two attached hydrogens (primary N) is 1. The van der Waals surface area contributed by atoms with Gasteiger partial charge in [0.15, 0.2) is 0 Å². The van der Waals surface area contributed by atoms with Crippen molar-refractivity contribution < 1.29 is 9.84 Å². The Hall–Kier alpha value is -7.35. The van der Waals surface area contributed by atoms with Crippen LogP contribution in [0, 0.1) is 0 Å². The van der Waals surface area contributed by atoms with Crippen LogP contribution in [0.5, 0.6) is 17.2 Å². The zero-order chi connectivity index (χ0) is 35.7. The summed E-state index contributed by atoms with van der Waals surface area (Å²) in [4.78, 5) is 46.2. The lowest BCUT2D eigenvalue weighted by molar-refractivity contribution is 0.473. The fourth-order valence-electron chi connectivity index (χ4n) is 4.75. The highest BCUT2D eigenvalue weighted by molar-refractivity contribution is 5.61. The lowest BCUT2D eigenvalue weighted by atomic mass is 10.2. The van der Waals surface area contributed by atoms with Crippen molar-refractivity contribution in [2.75, 3.05) is 16.4 Å². The molecule has 5 aromatic heterocycles. The SMILES string of the molecule is Cn1c(Nc2ccccc2)ncc(-c2ccc(O)cn2)c1=O.Cn1c(Nc2ccccc2)ncc(-c2ccc(Oc3ccnc(N)c3)cn2)c1=O. The van der Waals surface area contributed by atoms with Crippen LogP contribution in [-0.4, -0.2) is 39.2 Å². The van der Waals surface area contributed by atoms with E-state index in [1.165, 1.54) is 33.8 Å². The molecule has 5 N–H and O–H groups in total. The van der Waals surface area contributed by atoms with E-state index in [-0.39, 0.29) is 16.9 Å². The largest absolute Gasteiger partial charge is 0.506 e. The number of aromatic nitrogens is 7. The second-order valence-electron chi connectivity index (χ2n) is 11.0. The van der Waals surface area contributed by atoms with E-state index in [2.05, 4.69) is 35.6 Å². The van der Waals surface area contributed by atoms with Crippen LogP contribution >= 0.6 is 0 Å². The molecule has 7 rings (SSSR count). The molecule has 7 aromatic rings. The fraction of sp³-hybridized carbons (Fsp3) is 0.0541. The summed E-state index contributed by atoms with van der Waals surface area (Å²) in [5.74, 6) is 2.38. The van der Waals surface area contributed by atoms with Crippen molar-refractivity contribution in [1.82, 2.24) is 34.1 Å². The minimum Gasteiger partial charge on any atom is -0.506 e. The maximum atomic E-state index is 12.8. The molecule has 5 heterocycles. The number of anilines is 5. The average Bonchev–Trinajstić information content (AvgIpc) is 3.15. The molecule has 0 aliphatic carbocycles. The highest BCUT2D eigenvalue weighted by atomic mass is 16.5. The van der Waals surface area contributed by atoms with E-state index in [0.29, 0.717) is 51.7 Å². The molecule has 0 aliphatic rings. The number of pyridine rings is 3. The van der Waals surface area contributed by atoms with Crippen LogP contribution in [0.1, 0.15) is 0 Å². The predicted octanol–water partition coefficient (Wildman–Crippen LogP) is 5.65. The number of benzene rings is 2. The molecule has 51 heavy (non-hydrogen) atoms. The first-order chi connectivity index (χ1) is 24.7. The smallest absolute Gasteiger partial charge is 0.264 e. The molecule has 14 nitrogen and oxygen atoms in total. The van der Waals surface area contributed by atoms with Crippen LogP contribution in [0.2, 0.25) is 0 Å². The van der Waals surface area contributed by atoms with Gasteiger partial charge in [-0.1, -0.05) is 36.4 Å². The zero-order valence-electron chi connectivity index (χ0n) is 27.5. The van der Waals surface area contributed by atoms with Gasteiger partial charge < -0.3 is 26.2 Å². The van der Waals surface area contributed by atoms with E-state index in [1.807, 2.05) is 60.7 Å². The first kappa shape index (κ1) is 33.5. The normalized spacial score (nSPS) is 10.5. The van der Waals surface area contributed by atoms with Gasteiger partial charge in [-0.15, -0.1) is 0 Å². The topological polar surface area (TPSA) is 188 Å². The van der Waals surface area contributed by atoms with E-state index >= 15 is 0 Å². The van der Waals surface area contributed by atoms with E-state index in [4.69, 9.17) is 10.5 Å². The third-order valence-corrected chi connectivity index (χ3v) is 7.42. The van der Waals surface area contributed by atoms with Crippen LogP contribution in [0.3, 0.4) is 0 Å². The van der Waals surface area contributed by atoms with Crippen molar-refractivity contribution in [1.29, 1.82) is 0 Å². The molecule has 0 radical (unpaired) electrons. The number of hydrogen-bond acceptors (Lipinski definition) is 12. The summed E-state index contributed by atoms with van der Waals surface area (Å²) in [7, 11) is 3.31. The lowest BCUT2D eigenvalue weighted by Crippen LogP contribution is -2.22. The second-order valence-corrected chi connectivity index (χ2v) is 11.0. The maximum Gasteiger partial charge on any atom is 0.264 e. The second kappa shape index (κ2) is 15.3. The van der Waals surface area contributed by atoms with Crippen molar-refractivity contribution in [3.63, 3.8) is 0 Å². The molecule has 0 fully saturated rings. The van der Waals surface area contributed by atoms with Gasteiger partial charge in [-0.25, -0.2) is 15.0 Å².